The van der Waals surface area contributed by atoms with Crippen molar-refractivity contribution in [2.75, 3.05) is 52.5 Å². The highest BCUT2D eigenvalue weighted by atomic mass is 127. The van der Waals surface area contributed by atoms with Crippen LogP contribution < -0.4 is 5.32 Å². The predicted molar refractivity (Wildman–Crippen MR) is 134 cm³/mol. The summed E-state index contributed by atoms with van der Waals surface area (Å²) in [5.41, 5.74) is 0. The topological polar surface area (TPSA) is 57.9 Å². The van der Waals surface area contributed by atoms with Crippen LogP contribution >= 0.6 is 24.0 Å². The lowest BCUT2D eigenvalue weighted by molar-refractivity contribution is 0.0142. The monoisotopic (exact) mass is 532 g/mol. The summed E-state index contributed by atoms with van der Waals surface area (Å²) in [6.07, 6.45) is 8.27. The van der Waals surface area contributed by atoms with Gasteiger partial charge in [0.2, 0.25) is 0 Å². The van der Waals surface area contributed by atoms with Crippen molar-refractivity contribution in [3.63, 3.8) is 0 Å². The number of hydrogen-bond donors (Lipinski definition) is 1. The Morgan fingerprint density at radius 1 is 1.27 bits per heavy atom. The molecule has 0 radical (unpaired) electrons. The lowest BCUT2D eigenvalue weighted by Gasteiger charge is -2.39. The predicted octanol–water partition coefficient (Wildman–Crippen LogP) is 3.10. The van der Waals surface area contributed by atoms with E-state index in [4.69, 9.17) is 9.73 Å². The van der Waals surface area contributed by atoms with E-state index < -0.39 is 0 Å². The third kappa shape index (κ3) is 7.09. The molecule has 1 aromatic heterocycles. The molecular weight excluding hydrogens is 491 g/mol. The van der Waals surface area contributed by atoms with E-state index in [9.17, 15) is 0 Å². The molecule has 2 aliphatic rings. The Bertz CT molecular complexity index is 617. The fraction of sp³-hybridized carbons (Fsp3) is 0.818. The summed E-state index contributed by atoms with van der Waals surface area (Å²) in [5, 5.41) is 3.55. The Balaban J connectivity index is 0.00000320. The van der Waals surface area contributed by atoms with Crippen molar-refractivity contribution in [2.24, 2.45) is 16.8 Å². The quantitative estimate of drug-likeness (QED) is 0.333. The Kier molecular flexibility index (Phi) is 10.9. The second kappa shape index (κ2) is 12.9. The minimum atomic E-state index is 0. The van der Waals surface area contributed by atoms with Crippen molar-refractivity contribution >= 4 is 29.9 Å². The van der Waals surface area contributed by atoms with E-state index in [0.29, 0.717) is 23.9 Å². The molecule has 3 heterocycles. The van der Waals surface area contributed by atoms with Gasteiger partial charge in [-0.15, -0.1) is 24.0 Å². The third-order valence-electron chi connectivity index (χ3n) is 6.22. The first kappa shape index (κ1) is 25.4. The van der Waals surface area contributed by atoms with Gasteiger partial charge in [0.05, 0.1) is 32.1 Å². The smallest absolute Gasteiger partial charge is 0.194 e. The minimum Gasteiger partial charge on any atom is -0.379 e. The maximum Gasteiger partial charge on any atom is 0.194 e. The number of rotatable bonds is 7. The summed E-state index contributed by atoms with van der Waals surface area (Å²) in [4.78, 5) is 14.4. The van der Waals surface area contributed by atoms with Crippen LogP contribution in [0, 0.1) is 11.8 Å². The van der Waals surface area contributed by atoms with Crippen LogP contribution in [-0.2, 0) is 4.74 Å². The molecule has 30 heavy (non-hydrogen) atoms. The zero-order valence-electron chi connectivity index (χ0n) is 19.2. The average molecular weight is 533 g/mol. The Hall–Kier alpha value is -0.870. The average Bonchev–Trinajstić information content (AvgIpc) is 3.25. The van der Waals surface area contributed by atoms with E-state index >= 15 is 0 Å². The third-order valence-corrected chi connectivity index (χ3v) is 6.22. The molecule has 0 saturated carbocycles. The van der Waals surface area contributed by atoms with Gasteiger partial charge in [0.1, 0.15) is 0 Å². The molecular formula is C22H41IN6O. The number of guanidine groups is 1. The number of piperidine rings is 1. The number of aromatic nitrogens is 2. The molecule has 1 N–H and O–H groups in total. The van der Waals surface area contributed by atoms with Gasteiger partial charge in [0, 0.05) is 51.2 Å². The zero-order chi connectivity index (χ0) is 20.6. The molecule has 2 aliphatic heterocycles. The molecule has 0 aliphatic carbocycles. The van der Waals surface area contributed by atoms with Gasteiger partial charge in [-0.1, -0.05) is 20.8 Å². The summed E-state index contributed by atoms with van der Waals surface area (Å²) in [6.45, 7) is 16.6. The Morgan fingerprint density at radius 2 is 2.03 bits per heavy atom. The highest BCUT2D eigenvalue weighted by Gasteiger charge is 2.29. The Morgan fingerprint density at radius 3 is 2.67 bits per heavy atom. The normalized spacial score (nSPS) is 24.6. The van der Waals surface area contributed by atoms with Gasteiger partial charge in [0.25, 0.3) is 0 Å². The largest absolute Gasteiger partial charge is 0.379 e. The number of nitrogens with one attached hydrogen (secondary N) is 1. The molecule has 0 spiro atoms. The van der Waals surface area contributed by atoms with Crippen molar-refractivity contribution in [1.82, 2.24) is 24.7 Å². The van der Waals surface area contributed by atoms with Crippen molar-refractivity contribution in [3.05, 3.63) is 18.7 Å². The number of morpholine rings is 1. The first-order chi connectivity index (χ1) is 14.1. The molecule has 3 atom stereocenters. The van der Waals surface area contributed by atoms with E-state index in [0.717, 1.165) is 58.4 Å². The standard InChI is InChI=1S/C22H40N6O.HI/c1-5-24-22(25-15-20(14-18(2)3)26-10-12-29-13-11-26)27-8-6-19(4)21(16-27)28-9-7-23-17-28;/h7,9,17-21H,5-6,8,10-16H2,1-4H3,(H,24,25);1H. The van der Waals surface area contributed by atoms with Crippen LogP contribution in [-0.4, -0.2) is 83.8 Å². The highest BCUT2D eigenvalue weighted by molar-refractivity contribution is 14.0. The fourth-order valence-electron chi connectivity index (χ4n) is 4.54. The SMILES string of the molecule is CCNC(=NCC(CC(C)C)N1CCOCC1)N1CCC(C)C(n2ccnc2)C1.I. The first-order valence-electron chi connectivity index (χ1n) is 11.4. The molecule has 1 aromatic rings. The molecule has 2 saturated heterocycles. The molecule has 7 nitrogen and oxygen atoms in total. The molecule has 172 valence electrons. The van der Waals surface area contributed by atoms with Gasteiger partial charge >= 0.3 is 0 Å². The number of likely N-dealkylation sites (tertiary alicyclic amines) is 1. The molecule has 2 fully saturated rings. The van der Waals surface area contributed by atoms with E-state index in [1.165, 1.54) is 12.8 Å². The van der Waals surface area contributed by atoms with Crippen LogP contribution in [0.25, 0.3) is 0 Å². The van der Waals surface area contributed by atoms with E-state index in [-0.39, 0.29) is 24.0 Å². The molecule has 3 rings (SSSR count). The van der Waals surface area contributed by atoms with Gasteiger partial charge in [-0.3, -0.25) is 9.89 Å². The van der Waals surface area contributed by atoms with E-state index in [1.54, 1.807) is 0 Å². The van der Waals surface area contributed by atoms with Crippen LogP contribution in [0.2, 0.25) is 0 Å². The maximum atomic E-state index is 5.57. The van der Waals surface area contributed by atoms with Crippen molar-refractivity contribution in [2.45, 2.75) is 52.6 Å². The van der Waals surface area contributed by atoms with Gasteiger partial charge in [-0.25, -0.2) is 4.98 Å². The van der Waals surface area contributed by atoms with Crippen molar-refractivity contribution in [1.29, 1.82) is 0 Å². The lowest BCUT2D eigenvalue weighted by Crippen LogP contribution is -2.50. The number of imidazole rings is 1. The minimum absolute atomic E-state index is 0. The second-order valence-corrected chi connectivity index (χ2v) is 8.92. The van der Waals surface area contributed by atoms with Crippen LogP contribution in [0.3, 0.4) is 0 Å². The van der Waals surface area contributed by atoms with Gasteiger partial charge in [0.15, 0.2) is 5.96 Å². The maximum absolute atomic E-state index is 5.57. The number of aliphatic imine (C=N–C) groups is 1. The van der Waals surface area contributed by atoms with E-state index in [2.05, 4.69) is 58.6 Å². The molecule has 0 aromatic carbocycles. The summed E-state index contributed by atoms with van der Waals surface area (Å²) in [7, 11) is 0. The zero-order valence-corrected chi connectivity index (χ0v) is 21.5. The summed E-state index contributed by atoms with van der Waals surface area (Å²) in [5.74, 6) is 2.37. The van der Waals surface area contributed by atoms with Gasteiger partial charge in [-0.2, -0.15) is 0 Å². The number of halogens is 1. The Labute approximate surface area is 199 Å². The number of nitrogens with zero attached hydrogens (tertiary/aromatic N) is 5. The van der Waals surface area contributed by atoms with Crippen LogP contribution in [0.4, 0.5) is 0 Å². The molecule has 0 bridgehead atoms. The molecule has 8 heteroatoms. The van der Waals surface area contributed by atoms with Crippen LogP contribution in [0.5, 0.6) is 0 Å². The second-order valence-electron chi connectivity index (χ2n) is 8.92. The van der Waals surface area contributed by atoms with Gasteiger partial charge < -0.3 is 19.5 Å². The van der Waals surface area contributed by atoms with E-state index in [1.807, 2.05) is 12.5 Å². The molecule has 3 unspecified atom stereocenters. The number of ether oxygens (including phenoxy) is 1. The van der Waals surface area contributed by atoms with Gasteiger partial charge in [-0.05, 0) is 31.6 Å². The van der Waals surface area contributed by atoms with Crippen LogP contribution in [0.15, 0.2) is 23.7 Å². The van der Waals surface area contributed by atoms with Crippen molar-refractivity contribution in [3.8, 4) is 0 Å². The van der Waals surface area contributed by atoms with Crippen LogP contribution in [0.1, 0.15) is 46.6 Å². The highest BCUT2D eigenvalue weighted by Crippen LogP contribution is 2.27. The summed E-state index contributed by atoms with van der Waals surface area (Å²) < 4.78 is 7.83. The summed E-state index contributed by atoms with van der Waals surface area (Å²) in [6, 6.07) is 0.932. The fourth-order valence-corrected chi connectivity index (χ4v) is 4.54. The lowest BCUT2D eigenvalue weighted by atomic mass is 9.93. The number of hydrogen-bond acceptors (Lipinski definition) is 4. The van der Waals surface area contributed by atoms with Crippen molar-refractivity contribution < 1.29 is 4.74 Å². The molecule has 0 amide bonds. The summed E-state index contributed by atoms with van der Waals surface area (Å²) >= 11 is 0. The first-order valence-corrected chi connectivity index (χ1v) is 11.4.